The molecule has 1 aromatic carbocycles. The third kappa shape index (κ3) is 3.44. The van der Waals surface area contributed by atoms with E-state index in [-0.39, 0.29) is 11.3 Å². The maximum atomic E-state index is 13.0. The zero-order chi connectivity index (χ0) is 15.5. The monoisotopic (exact) mass is 327 g/mol. The lowest BCUT2D eigenvalue weighted by atomic mass is 9.83. The standard InChI is InChI=1S/C17H23Cl2NO/c1-3-17(4-2,20-9-5-6-10-20)16(21)12-13-11-14(18)7-8-15(13)19/h7-8,11H,3-6,9-10,12H2,1-2H3. The quantitative estimate of drug-likeness (QED) is 0.750. The van der Waals surface area contributed by atoms with Crippen LogP contribution in [-0.2, 0) is 11.2 Å². The topological polar surface area (TPSA) is 20.3 Å². The fourth-order valence-corrected chi connectivity index (χ4v) is 3.81. The summed E-state index contributed by atoms with van der Waals surface area (Å²) in [6.07, 6.45) is 4.43. The van der Waals surface area contributed by atoms with Crippen LogP contribution in [0.2, 0.25) is 10.0 Å². The largest absolute Gasteiger partial charge is 0.297 e. The molecule has 116 valence electrons. The number of hydrogen-bond donors (Lipinski definition) is 0. The van der Waals surface area contributed by atoms with E-state index in [2.05, 4.69) is 18.7 Å². The highest BCUT2D eigenvalue weighted by atomic mass is 35.5. The van der Waals surface area contributed by atoms with Crippen molar-refractivity contribution in [2.75, 3.05) is 13.1 Å². The number of hydrogen-bond acceptors (Lipinski definition) is 2. The van der Waals surface area contributed by atoms with E-state index in [1.54, 1.807) is 12.1 Å². The fraction of sp³-hybridized carbons (Fsp3) is 0.588. The van der Waals surface area contributed by atoms with Crippen LogP contribution < -0.4 is 0 Å². The maximum absolute atomic E-state index is 13.0. The van der Waals surface area contributed by atoms with E-state index in [1.165, 1.54) is 12.8 Å². The van der Waals surface area contributed by atoms with Gasteiger partial charge in [-0.1, -0.05) is 37.0 Å². The van der Waals surface area contributed by atoms with Gasteiger partial charge in [0.2, 0.25) is 0 Å². The van der Waals surface area contributed by atoms with E-state index in [4.69, 9.17) is 23.2 Å². The summed E-state index contributed by atoms with van der Waals surface area (Å²) in [6, 6.07) is 5.33. The lowest BCUT2D eigenvalue weighted by Crippen LogP contribution is -2.53. The lowest BCUT2D eigenvalue weighted by molar-refractivity contribution is -0.130. The first-order valence-corrected chi connectivity index (χ1v) is 8.51. The highest BCUT2D eigenvalue weighted by Gasteiger charge is 2.41. The molecule has 0 unspecified atom stereocenters. The predicted molar refractivity (Wildman–Crippen MR) is 89.3 cm³/mol. The molecule has 1 aliphatic heterocycles. The van der Waals surface area contributed by atoms with Crippen molar-refractivity contribution < 1.29 is 4.79 Å². The predicted octanol–water partition coefficient (Wildman–Crippen LogP) is 4.76. The molecule has 0 bridgehead atoms. The molecule has 0 N–H and O–H groups in total. The number of carbonyl (C=O) groups excluding carboxylic acids is 1. The van der Waals surface area contributed by atoms with Crippen molar-refractivity contribution in [2.45, 2.75) is 51.5 Å². The summed E-state index contributed by atoms with van der Waals surface area (Å²) in [5.74, 6) is 0.263. The third-order valence-electron chi connectivity index (χ3n) is 4.76. The zero-order valence-corrected chi connectivity index (χ0v) is 14.3. The Hall–Kier alpha value is -0.570. The van der Waals surface area contributed by atoms with E-state index in [0.717, 1.165) is 31.5 Å². The minimum Gasteiger partial charge on any atom is -0.297 e. The summed E-state index contributed by atoms with van der Waals surface area (Å²) in [4.78, 5) is 15.4. The zero-order valence-electron chi connectivity index (χ0n) is 12.8. The van der Waals surface area contributed by atoms with Gasteiger partial charge in [-0.05, 0) is 62.5 Å². The Labute approximate surface area is 137 Å². The van der Waals surface area contributed by atoms with Crippen LogP contribution >= 0.6 is 23.2 Å². The van der Waals surface area contributed by atoms with Gasteiger partial charge in [-0.2, -0.15) is 0 Å². The molecule has 1 fully saturated rings. The van der Waals surface area contributed by atoms with Gasteiger partial charge in [0.1, 0.15) is 0 Å². The Bertz CT molecular complexity index is 506. The molecule has 0 radical (unpaired) electrons. The first-order valence-electron chi connectivity index (χ1n) is 7.75. The minimum absolute atomic E-state index is 0.263. The van der Waals surface area contributed by atoms with Crippen molar-refractivity contribution in [3.63, 3.8) is 0 Å². The number of Topliss-reactive ketones (excluding diaryl/α,β-unsaturated/α-hetero) is 1. The van der Waals surface area contributed by atoms with Crippen LogP contribution in [0.4, 0.5) is 0 Å². The van der Waals surface area contributed by atoms with E-state index in [1.807, 2.05) is 6.07 Å². The Morgan fingerprint density at radius 1 is 1.19 bits per heavy atom. The molecular weight excluding hydrogens is 305 g/mol. The van der Waals surface area contributed by atoms with Crippen molar-refractivity contribution in [3.8, 4) is 0 Å². The highest BCUT2D eigenvalue weighted by Crippen LogP contribution is 2.31. The van der Waals surface area contributed by atoms with Gasteiger partial charge >= 0.3 is 0 Å². The van der Waals surface area contributed by atoms with E-state index in [9.17, 15) is 4.79 Å². The second kappa shape index (κ2) is 7.13. The Morgan fingerprint density at radius 3 is 2.38 bits per heavy atom. The summed E-state index contributed by atoms with van der Waals surface area (Å²) < 4.78 is 0. The van der Waals surface area contributed by atoms with E-state index < -0.39 is 0 Å². The van der Waals surface area contributed by atoms with Gasteiger partial charge in [0.15, 0.2) is 5.78 Å². The van der Waals surface area contributed by atoms with Crippen molar-refractivity contribution >= 4 is 29.0 Å². The van der Waals surface area contributed by atoms with Gasteiger partial charge in [-0.25, -0.2) is 0 Å². The molecule has 4 heteroatoms. The van der Waals surface area contributed by atoms with Crippen LogP contribution in [0.25, 0.3) is 0 Å². The van der Waals surface area contributed by atoms with Crippen LogP contribution in [0, 0.1) is 0 Å². The van der Waals surface area contributed by atoms with Crippen molar-refractivity contribution in [1.82, 2.24) is 4.90 Å². The molecule has 0 spiro atoms. The Morgan fingerprint density at radius 2 is 1.81 bits per heavy atom. The van der Waals surface area contributed by atoms with Gasteiger partial charge in [0, 0.05) is 16.5 Å². The summed E-state index contributed by atoms with van der Waals surface area (Å²) in [5.41, 5.74) is 0.488. The normalized spacial score (nSPS) is 16.4. The molecule has 1 heterocycles. The van der Waals surface area contributed by atoms with Crippen LogP contribution in [0.15, 0.2) is 18.2 Å². The molecule has 0 saturated carbocycles. The summed E-state index contributed by atoms with van der Waals surface area (Å²) in [5, 5.41) is 1.25. The Balaban J connectivity index is 2.24. The maximum Gasteiger partial charge on any atom is 0.157 e. The highest BCUT2D eigenvalue weighted by molar-refractivity contribution is 6.33. The third-order valence-corrected chi connectivity index (χ3v) is 5.36. The number of carbonyl (C=O) groups is 1. The number of rotatable bonds is 6. The second-order valence-corrected chi connectivity index (χ2v) is 6.61. The summed E-state index contributed by atoms with van der Waals surface area (Å²) in [6.45, 7) is 6.27. The summed E-state index contributed by atoms with van der Waals surface area (Å²) >= 11 is 12.2. The average molecular weight is 328 g/mol. The minimum atomic E-state index is -0.345. The molecule has 0 atom stereocenters. The van der Waals surface area contributed by atoms with Gasteiger partial charge in [-0.15, -0.1) is 0 Å². The van der Waals surface area contributed by atoms with Gasteiger partial charge in [0.05, 0.1) is 5.54 Å². The van der Waals surface area contributed by atoms with Gasteiger partial charge < -0.3 is 0 Å². The SMILES string of the molecule is CCC(CC)(C(=O)Cc1cc(Cl)ccc1Cl)N1CCCC1. The molecular formula is C17H23Cl2NO. The smallest absolute Gasteiger partial charge is 0.157 e. The average Bonchev–Trinajstić information content (AvgIpc) is 2.99. The van der Waals surface area contributed by atoms with Gasteiger partial charge in [0.25, 0.3) is 0 Å². The van der Waals surface area contributed by atoms with Gasteiger partial charge in [-0.3, -0.25) is 9.69 Å². The molecule has 2 rings (SSSR count). The van der Waals surface area contributed by atoms with Crippen LogP contribution in [0.3, 0.4) is 0 Å². The number of ketones is 1. The molecule has 21 heavy (non-hydrogen) atoms. The van der Waals surface area contributed by atoms with Crippen molar-refractivity contribution in [3.05, 3.63) is 33.8 Å². The van der Waals surface area contributed by atoms with Crippen LogP contribution in [0.1, 0.15) is 45.1 Å². The molecule has 0 amide bonds. The molecule has 2 nitrogen and oxygen atoms in total. The van der Waals surface area contributed by atoms with E-state index >= 15 is 0 Å². The molecule has 1 saturated heterocycles. The van der Waals surface area contributed by atoms with Crippen molar-refractivity contribution in [1.29, 1.82) is 0 Å². The second-order valence-electron chi connectivity index (χ2n) is 5.77. The number of nitrogens with zero attached hydrogens (tertiary/aromatic N) is 1. The summed E-state index contributed by atoms with van der Waals surface area (Å²) in [7, 11) is 0. The first kappa shape index (κ1) is 16.8. The lowest BCUT2D eigenvalue weighted by Gasteiger charge is -2.39. The molecule has 1 aromatic rings. The van der Waals surface area contributed by atoms with Crippen molar-refractivity contribution in [2.24, 2.45) is 0 Å². The molecule has 0 aliphatic carbocycles. The van der Waals surface area contributed by atoms with Crippen LogP contribution in [-0.4, -0.2) is 29.3 Å². The number of halogens is 2. The molecule has 1 aliphatic rings. The fourth-order valence-electron chi connectivity index (χ4n) is 3.43. The molecule has 0 aromatic heterocycles. The number of likely N-dealkylation sites (tertiary alicyclic amines) is 1. The number of benzene rings is 1. The van der Waals surface area contributed by atoms with Crippen LogP contribution in [0.5, 0.6) is 0 Å². The Kier molecular flexibility index (Phi) is 5.70. The van der Waals surface area contributed by atoms with E-state index in [0.29, 0.717) is 16.5 Å². The first-order chi connectivity index (χ1) is 10.0.